The molecular formula is C19H18ClN3O6S2. The van der Waals surface area contributed by atoms with Crippen molar-refractivity contribution in [2.75, 3.05) is 30.9 Å². The lowest BCUT2D eigenvalue weighted by atomic mass is 10.1. The number of nitrogens with one attached hydrogen (secondary N) is 1. The number of fused-ring (bicyclic) bond motifs is 1. The number of benzene rings is 2. The topological polar surface area (TPSA) is 149 Å². The van der Waals surface area contributed by atoms with Crippen LogP contribution in [-0.4, -0.2) is 55.9 Å². The van der Waals surface area contributed by atoms with Gasteiger partial charge in [-0.25, -0.2) is 13.4 Å². The van der Waals surface area contributed by atoms with Crippen molar-refractivity contribution >= 4 is 59.9 Å². The Labute approximate surface area is 186 Å². The van der Waals surface area contributed by atoms with Crippen molar-refractivity contribution in [1.82, 2.24) is 4.98 Å². The highest BCUT2D eigenvalue weighted by atomic mass is 35.5. The van der Waals surface area contributed by atoms with Gasteiger partial charge in [0.25, 0.3) is 5.91 Å². The number of ether oxygens (including phenoxy) is 1. The maximum Gasteiger partial charge on any atom is 0.258 e. The number of hydrogen-bond acceptors (Lipinski definition) is 8. The third-order valence-electron chi connectivity index (χ3n) is 4.18. The number of nitrogens with two attached hydrogens (primary N) is 1. The number of primary amides is 1. The van der Waals surface area contributed by atoms with E-state index in [9.17, 15) is 18.0 Å². The number of aliphatic hydroxyl groups is 1. The molecular weight excluding hydrogens is 466 g/mol. The van der Waals surface area contributed by atoms with Crippen LogP contribution in [0.2, 0.25) is 5.02 Å². The summed E-state index contributed by atoms with van der Waals surface area (Å²) in [5.74, 6) is -1.56. The summed E-state index contributed by atoms with van der Waals surface area (Å²) in [6.07, 6.45) is 0. The molecule has 0 fully saturated rings. The van der Waals surface area contributed by atoms with Crippen LogP contribution >= 0.6 is 22.9 Å². The Balaban J connectivity index is 1.80. The van der Waals surface area contributed by atoms with E-state index < -0.39 is 21.7 Å². The smallest absolute Gasteiger partial charge is 0.258 e. The lowest BCUT2D eigenvalue weighted by Crippen LogP contribution is -2.16. The molecule has 2 aromatic carbocycles. The molecule has 0 atom stereocenters. The molecule has 1 aromatic heterocycles. The minimum atomic E-state index is -3.58. The molecule has 0 spiro atoms. The maximum atomic E-state index is 12.6. The fourth-order valence-corrected chi connectivity index (χ4v) is 5.09. The molecule has 2 amide bonds. The normalized spacial score (nSPS) is 11.5. The molecule has 0 saturated heterocycles. The van der Waals surface area contributed by atoms with Crippen LogP contribution in [0.1, 0.15) is 20.7 Å². The number of carbonyl (C=O) groups is 2. The minimum absolute atomic E-state index is 0.0245. The number of halogens is 1. The molecule has 4 N–H and O–H groups in total. The van der Waals surface area contributed by atoms with Gasteiger partial charge in [-0.05, 0) is 30.3 Å². The second-order valence-electron chi connectivity index (χ2n) is 6.29. The molecule has 9 nitrogen and oxygen atoms in total. The second-order valence-corrected chi connectivity index (χ2v) is 9.81. The number of aliphatic hydroxyl groups excluding tert-OH is 1. The van der Waals surface area contributed by atoms with Crippen LogP contribution in [0.4, 0.5) is 5.13 Å². The highest BCUT2D eigenvalue weighted by molar-refractivity contribution is 7.91. The molecule has 0 unspecified atom stereocenters. The molecule has 0 bridgehead atoms. The third kappa shape index (κ3) is 5.38. The molecule has 31 heavy (non-hydrogen) atoms. The van der Waals surface area contributed by atoms with Gasteiger partial charge in [-0.1, -0.05) is 29.0 Å². The van der Waals surface area contributed by atoms with Gasteiger partial charge < -0.3 is 15.6 Å². The first-order valence-electron chi connectivity index (χ1n) is 8.94. The number of thiazole rings is 1. The molecule has 1 heterocycles. The molecule has 0 aliphatic heterocycles. The fraction of sp³-hybridized carbons (Fsp3) is 0.211. The first-order valence-corrected chi connectivity index (χ1v) is 11.8. The summed E-state index contributed by atoms with van der Waals surface area (Å²) in [5.41, 5.74) is 5.84. The van der Waals surface area contributed by atoms with Crippen LogP contribution in [0.15, 0.2) is 41.3 Å². The summed E-state index contributed by atoms with van der Waals surface area (Å²) in [5, 5.41) is 11.5. The molecule has 0 aliphatic carbocycles. The Morgan fingerprint density at radius 2 is 1.94 bits per heavy atom. The van der Waals surface area contributed by atoms with Crippen LogP contribution in [0.3, 0.4) is 0 Å². The first-order chi connectivity index (χ1) is 14.7. The van der Waals surface area contributed by atoms with Gasteiger partial charge in [-0.3, -0.25) is 14.9 Å². The van der Waals surface area contributed by atoms with E-state index in [4.69, 9.17) is 27.2 Å². The second kappa shape index (κ2) is 9.71. The maximum absolute atomic E-state index is 12.6. The Morgan fingerprint density at radius 3 is 2.65 bits per heavy atom. The van der Waals surface area contributed by atoms with E-state index in [-0.39, 0.29) is 51.8 Å². The minimum Gasteiger partial charge on any atom is -0.394 e. The van der Waals surface area contributed by atoms with E-state index in [0.29, 0.717) is 10.2 Å². The zero-order valence-electron chi connectivity index (χ0n) is 16.0. The number of sulfone groups is 1. The lowest BCUT2D eigenvalue weighted by Gasteiger charge is -2.06. The number of amides is 2. The molecule has 12 heteroatoms. The Kier molecular flexibility index (Phi) is 7.23. The van der Waals surface area contributed by atoms with E-state index >= 15 is 0 Å². The molecule has 164 valence electrons. The molecule has 0 saturated carbocycles. The van der Waals surface area contributed by atoms with Crippen LogP contribution < -0.4 is 11.1 Å². The van der Waals surface area contributed by atoms with Crippen molar-refractivity contribution in [3.8, 4) is 0 Å². The lowest BCUT2D eigenvalue weighted by molar-refractivity contribution is 0.100. The number of rotatable bonds is 9. The quantitative estimate of drug-likeness (QED) is 0.394. The highest BCUT2D eigenvalue weighted by Gasteiger charge is 2.19. The van der Waals surface area contributed by atoms with Crippen molar-refractivity contribution in [3.05, 3.63) is 52.5 Å². The Bertz CT molecular complexity index is 1240. The zero-order chi connectivity index (χ0) is 22.6. The van der Waals surface area contributed by atoms with Crippen LogP contribution in [0, 0.1) is 0 Å². The zero-order valence-corrected chi connectivity index (χ0v) is 18.4. The molecule has 3 rings (SSSR count). The number of aromatic nitrogens is 1. The number of hydrogen-bond donors (Lipinski definition) is 3. The standard InChI is InChI=1S/C19H18ClN3O6S2/c20-16-12(17(21)25)2-1-3-13(16)18(26)23-19-22-14-5-4-11(10-15(14)30-19)31(27,28)9-8-29-7-6-24/h1-5,10,24H,6-9H2,(H2,21,25)(H,22,23,26). The average molecular weight is 484 g/mol. The largest absolute Gasteiger partial charge is 0.394 e. The summed E-state index contributed by atoms with van der Waals surface area (Å²) < 4.78 is 30.5. The SMILES string of the molecule is NC(=O)c1cccc(C(=O)Nc2nc3ccc(S(=O)(=O)CCOCCO)cc3s2)c1Cl. The number of carbonyl (C=O) groups excluding carboxylic acids is 2. The Hall–Kier alpha value is -2.57. The molecule has 3 aromatic rings. The van der Waals surface area contributed by atoms with Crippen molar-refractivity contribution in [2.45, 2.75) is 4.90 Å². The van der Waals surface area contributed by atoms with E-state index in [1.165, 1.54) is 30.3 Å². The summed E-state index contributed by atoms with van der Waals surface area (Å²) in [6, 6.07) is 8.80. The van der Waals surface area contributed by atoms with Gasteiger partial charge in [-0.2, -0.15) is 0 Å². The van der Waals surface area contributed by atoms with Crippen molar-refractivity contribution in [3.63, 3.8) is 0 Å². The van der Waals surface area contributed by atoms with E-state index in [0.717, 1.165) is 11.3 Å². The highest BCUT2D eigenvalue weighted by Crippen LogP contribution is 2.29. The van der Waals surface area contributed by atoms with E-state index in [2.05, 4.69) is 10.3 Å². The molecule has 0 radical (unpaired) electrons. The monoisotopic (exact) mass is 483 g/mol. The van der Waals surface area contributed by atoms with E-state index in [1.807, 2.05) is 0 Å². The predicted octanol–water partition coefficient (Wildman–Crippen LogP) is 2.08. The number of anilines is 1. The molecule has 0 aliphatic rings. The summed E-state index contributed by atoms with van der Waals surface area (Å²) in [4.78, 5) is 28.4. The van der Waals surface area contributed by atoms with Crippen LogP contribution in [-0.2, 0) is 14.6 Å². The van der Waals surface area contributed by atoms with Crippen molar-refractivity contribution in [1.29, 1.82) is 0 Å². The Morgan fingerprint density at radius 1 is 1.19 bits per heavy atom. The fourth-order valence-electron chi connectivity index (χ4n) is 2.67. The van der Waals surface area contributed by atoms with E-state index in [1.54, 1.807) is 6.07 Å². The third-order valence-corrected chi connectivity index (χ3v) is 7.20. The van der Waals surface area contributed by atoms with Gasteiger partial charge in [0, 0.05) is 0 Å². The van der Waals surface area contributed by atoms with Crippen LogP contribution in [0.5, 0.6) is 0 Å². The first kappa shape index (κ1) is 23.1. The summed E-state index contributed by atoms with van der Waals surface area (Å²) >= 11 is 7.20. The summed E-state index contributed by atoms with van der Waals surface area (Å²) in [6.45, 7) is -0.145. The summed E-state index contributed by atoms with van der Waals surface area (Å²) in [7, 11) is -3.58. The van der Waals surface area contributed by atoms with Gasteiger partial charge in [0.05, 0.1) is 56.8 Å². The van der Waals surface area contributed by atoms with Crippen molar-refractivity contribution in [2.24, 2.45) is 5.73 Å². The predicted molar refractivity (Wildman–Crippen MR) is 118 cm³/mol. The average Bonchev–Trinajstić information content (AvgIpc) is 3.12. The van der Waals surface area contributed by atoms with Gasteiger partial charge in [-0.15, -0.1) is 0 Å². The van der Waals surface area contributed by atoms with Gasteiger partial charge in [0.15, 0.2) is 15.0 Å². The van der Waals surface area contributed by atoms with Crippen LogP contribution in [0.25, 0.3) is 10.2 Å². The number of nitrogens with zero attached hydrogens (tertiary/aromatic N) is 1. The van der Waals surface area contributed by atoms with Gasteiger partial charge in [0.1, 0.15) is 0 Å². The van der Waals surface area contributed by atoms with Gasteiger partial charge in [0.2, 0.25) is 5.91 Å². The van der Waals surface area contributed by atoms with Gasteiger partial charge >= 0.3 is 0 Å². The van der Waals surface area contributed by atoms with Crippen molar-refractivity contribution < 1.29 is 27.9 Å².